The Morgan fingerprint density at radius 3 is 2.34 bits per heavy atom. The van der Waals surface area contributed by atoms with E-state index in [0.29, 0.717) is 25.3 Å². The van der Waals surface area contributed by atoms with Crippen molar-refractivity contribution in [1.29, 1.82) is 0 Å². The molecule has 0 aliphatic carbocycles. The zero-order valence-corrected chi connectivity index (χ0v) is 18.7. The molecule has 0 fully saturated rings. The second kappa shape index (κ2) is 11.7. The first kappa shape index (κ1) is 23.0. The lowest BCUT2D eigenvalue weighted by atomic mass is 10.1. The summed E-state index contributed by atoms with van der Waals surface area (Å²) in [7, 11) is 0. The van der Waals surface area contributed by atoms with E-state index in [4.69, 9.17) is 0 Å². The normalized spacial score (nSPS) is 11.7. The van der Waals surface area contributed by atoms with Crippen LogP contribution in [0.1, 0.15) is 42.5 Å². The molecule has 1 unspecified atom stereocenters. The van der Waals surface area contributed by atoms with Crippen molar-refractivity contribution in [3.63, 3.8) is 0 Å². The number of amides is 2. The number of hydrogen-bond acceptors (Lipinski definition) is 3. The largest absolute Gasteiger partial charge is 0.355 e. The third-order valence-corrected chi connectivity index (χ3v) is 5.92. The number of nitrogens with zero attached hydrogens (tertiary/aromatic N) is 1. The van der Waals surface area contributed by atoms with Gasteiger partial charge in [-0.15, -0.1) is 11.8 Å². The number of aryl methyl sites for hydroxylation is 2. The summed E-state index contributed by atoms with van der Waals surface area (Å²) in [6.45, 7) is 8.98. The predicted octanol–water partition coefficient (Wildman–Crippen LogP) is 4.48. The van der Waals surface area contributed by atoms with Crippen LogP contribution in [-0.2, 0) is 21.9 Å². The van der Waals surface area contributed by atoms with E-state index in [0.717, 1.165) is 11.3 Å². The summed E-state index contributed by atoms with van der Waals surface area (Å²) < 4.78 is 0. The maximum absolute atomic E-state index is 13.1. The van der Waals surface area contributed by atoms with Gasteiger partial charge in [0, 0.05) is 18.8 Å². The summed E-state index contributed by atoms with van der Waals surface area (Å²) in [4.78, 5) is 27.5. The third kappa shape index (κ3) is 6.93. The molecule has 0 radical (unpaired) electrons. The quantitative estimate of drug-likeness (QED) is 0.626. The molecule has 1 N–H and O–H groups in total. The van der Waals surface area contributed by atoms with E-state index < -0.39 is 6.04 Å². The van der Waals surface area contributed by atoms with Gasteiger partial charge >= 0.3 is 0 Å². The first-order chi connectivity index (χ1) is 14.0. The predicted molar refractivity (Wildman–Crippen MR) is 122 cm³/mol. The number of rotatable bonds is 10. The van der Waals surface area contributed by atoms with Crippen molar-refractivity contribution in [1.82, 2.24) is 10.2 Å². The third-order valence-electron chi connectivity index (χ3n) is 4.95. The Bertz CT molecular complexity index is 805. The van der Waals surface area contributed by atoms with Gasteiger partial charge in [0.25, 0.3) is 0 Å². The Kier molecular flexibility index (Phi) is 9.26. The Labute approximate surface area is 179 Å². The van der Waals surface area contributed by atoms with Crippen LogP contribution >= 0.6 is 11.8 Å². The molecule has 5 heteroatoms. The topological polar surface area (TPSA) is 49.4 Å². The number of nitrogens with one attached hydrogen (secondary N) is 1. The fourth-order valence-corrected chi connectivity index (χ4v) is 4.19. The van der Waals surface area contributed by atoms with Gasteiger partial charge in [0.05, 0.1) is 5.75 Å². The minimum Gasteiger partial charge on any atom is -0.355 e. The van der Waals surface area contributed by atoms with Crippen molar-refractivity contribution < 1.29 is 9.59 Å². The Morgan fingerprint density at radius 2 is 1.72 bits per heavy atom. The average molecular weight is 413 g/mol. The molecular formula is C24H32N2O2S. The minimum absolute atomic E-state index is 0.00209. The average Bonchev–Trinajstić information content (AvgIpc) is 2.71. The lowest BCUT2D eigenvalue weighted by Crippen LogP contribution is -2.49. The smallest absolute Gasteiger partial charge is 0.242 e. The molecule has 4 nitrogen and oxygen atoms in total. The maximum Gasteiger partial charge on any atom is 0.242 e. The van der Waals surface area contributed by atoms with E-state index in [-0.39, 0.29) is 11.8 Å². The maximum atomic E-state index is 13.1. The van der Waals surface area contributed by atoms with Gasteiger partial charge in [0.1, 0.15) is 6.04 Å². The highest BCUT2D eigenvalue weighted by atomic mass is 32.2. The molecule has 0 aliphatic heterocycles. The Balaban J connectivity index is 2.11. The molecule has 1 atom stereocenters. The summed E-state index contributed by atoms with van der Waals surface area (Å²) >= 11 is 1.60. The van der Waals surface area contributed by atoms with E-state index in [2.05, 4.69) is 24.4 Å². The Hall–Kier alpha value is -2.27. The lowest BCUT2D eigenvalue weighted by Gasteiger charge is -2.30. The number of likely N-dealkylation sites (N-methyl/N-ethyl adjacent to an activating group) is 1. The van der Waals surface area contributed by atoms with Crippen molar-refractivity contribution >= 4 is 23.6 Å². The monoisotopic (exact) mass is 412 g/mol. The van der Waals surface area contributed by atoms with E-state index in [1.165, 1.54) is 16.7 Å². The van der Waals surface area contributed by atoms with Crippen molar-refractivity contribution in [3.8, 4) is 0 Å². The molecule has 0 bridgehead atoms. The van der Waals surface area contributed by atoms with Crippen LogP contribution in [0.2, 0.25) is 0 Å². The number of benzene rings is 2. The molecule has 0 saturated carbocycles. The zero-order chi connectivity index (χ0) is 21.2. The van der Waals surface area contributed by atoms with Crippen LogP contribution in [0.15, 0.2) is 48.5 Å². The molecule has 2 aromatic rings. The summed E-state index contributed by atoms with van der Waals surface area (Å²) in [6, 6.07) is 15.9. The van der Waals surface area contributed by atoms with Crippen LogP contribution in [-0.4, -0.2) is 35.1 Å². The van der Waals surface area contributed by atoms with Crippen LogP contribution in [0.3, 0.4) is 0 Å². The number of thioether (sulfide) groups is 1. The molecule has 2 rings (SSSR count). The number of carbonyl (C=O) groups excluding carboxylic acids is 2. The van der Waals surface area contributed by atoms with Gasteiger partial charge in [-0.1, -0.05) is 61.0 Å². The summed E-state index contributed by atoms with van der Waals surface area (Å²) in [5.41, 5.74) is 4.69. The number of hydrogen-bond donors (Lipinski definition) is 1. The van der Waals surface area contributed by atoms with E-state index in [1.54, 1.807) is 16.7 Å². The van der Waals surface area contributed by atoms with Gasteiger partial charge in [-0.3, -0.25) is 9.59 Å². The second-order valence-electron chi connectivity index (χ2n) is 7.25. The van der Waals surface area contributed by atoms with Crippen LogP contribution < -0.4 is 5.32 Å². The molecule has 0 saturated heterocycles. The Morgan fingerprint density at radius 1 is 1.03 bits per heavy atom. The molecular weight excluding hydrogens is 380 g/mol. The molecule has 0 aliphatic rings. The molecule has 156 valence electrons. The van der Waals surface area contributed by atoms with Gasteiger partial charge in [0.2, 0.25) is 11.8 Å². The van der Waals surface area contributed by atoms with Crippen LogP contribution in [0.5, 0.6) is 0 Å². The van der Waals surface area contributed by atoms with Crippen LogP contribution in [0.4, 0.5) is 0 Å². The fraction of sp³-hybridized carbons (Fsp3) is 0.417. The van der Waals surface area contributed by atoms with E-state index >= 15 is 0 Å². The summed E-state index contributed by atoms with van der Waals surface area (Å²) in [5.74, 6) is 1.06. The first-order valence-corrected chi connectivity index (χ1v) is 11.4. The molecule has 0 heterocycles. The summed E-state index contributed by atoms with van der Waals surface area (Å²) in [5, 5.41) is 2.88. The first-order valence-electron chi connectivity index (χ1n) is 10.2. The van der Waals surface area contributed by atoms with Gasteiger partial charge in [0.15, 0.2) is 0 Å². The van der Waals surface area contributed by atoms with Gasteiger partial charge in [-0.25, -0.2) is 0 Å². The van der Waals surface area contributed by atoms with E-state index in [1.807, 2.05) is 57.2 Å². The van der Waals surface area contributed by atoms with Gasteiger partial charge < -0.3 is 10.2 Å². The SMILES string of the molecule is CCNC(=O)C(CC)N(Cc1ccc(C)cc1)C(=O)CSCc1ccccc1C. The molecule has 2 amide bonds. The van der Waals surface area contributed by atoms with E-state index in [9.17, 15) is 9.59 Å². The van der Waals surface area contributed by atoms with Crippen molar-refractivity contribution in [3.05, 3.63) is 70.8 Å². The minimum atomic E-state index is -0.456. The van der Waals surface area contributed by atoms with Crippen molar-refractivity contribution in [2.24, 2.45) is 0 Å². The highest BCUT2D eigenvalue weighted by Gasteiger charge is 2.28. The molecule has 29 heavy (non-hydrogen) atoms. The van der Waals surface area contributed by atoms with Crippen LogP contribution in [0, 0.1) is 13.8 Å². The highest BCUT2D eigenvalue weighted by Crippen LogP contribution is 2.19. The van der Waals surface area contributed by atoms with Crippen LogP contribution in [0.25, 0.3) is 0 Å². The number of carbonyl (C=O) groups is 2. The van der Waals surface area contributed by atoms with Gasteiger partial charge in [-0.2, -0.15) is 0 Å². The fourth-order valence-electron chi connectivity index (χ4n) is 3.20. The zero-order valence-electron chi connectivity index (χ0n) is 17.9. The molecule has 0 spiro atoms. The molecule has 2 aromatic carbocycles. The lowest BCUT2D eigenvalue weighted by molar-refractivity contribution is -0.139. The van der Waals surface area contributed by atoms with Crippen molar-refractivity contribution in [2.45, 2.75) is 52.5 Å². The highest BCUT2D eigenvalue weighted by molar-refractivity contribution is 7.99. The second-order valence-corrected chi connectivity index (χ2v) is 8.23. The summed E-state index contributed by atoms with van der Waals surface area (Å²) in [6.07, 6.45) is 0.589. The van der Waals surface area contributed by atoms with Gasteiger partial charge in [-0.05, 0) is 43.9 Å². The molecule has 0 aromatic heterocycles. The standard InChI is InChI=1S/C24H32N2O2S/c1-5-22(24(28)25-6-2)26(15-20-13-11-18(3)12-14-20)23(27)17-29-16-21-10-8-7-9-19(21)4/h7-14,22H,5-6,15-17H2,1-4H3,(H,25,28). The van der Waals surface area contributed by atoms with Crippen molar-refractivity contribution in [2.75, 3.05) is 12.3 Å².